The lowest BCUT2D eigenvalue weighted by Gasteiger charge is -2.32. The third-order valence-electron chi connectivity index (χ3n) is 3.89. The van der Waals surface area contributed by atoms with Crippen LogP contribution >= 0.6 is 11.8 Å². The molecule has 1 unspecified atom stereocenters. The van der Waals surface area contributed by atoms with Gasteiger partial charge in [-0.05, 0) is 39.7 Å². The van der Waals surface area contributed by atoms with Gasteiger partial charge in [0.15, 0.2) is 0 Å². The molecule has 6 heteroatoms. The number of hydrogen-bond acceptors (Lipinski definition) is 5. The van der Waals surface area contributed by atoms with Gasteiger partial charge >= 0.3 is 5.97 Å². The summed E-state index contributed by atoms with van der Waals surface area (Å²) in [7, 11) is 0. The number of ether oxygens (including phenoxy) is 1. The molecule has 0 N–H and O–H groups in total. The fourth-order valence-electron chi connectivity index (χ4n) is 2.59. The molecule has 1 aromatic heterocycles. The number of rotatable bonds is 5. The Kier molecular flexibility index (Phi) is 5.94. The lowest BCUT2D eigenvalue weighted by Crippen LogP contribution is -2.43. The third kappa shape index (κ3) is 4.06. The summed E-state index contributed by atoms with van der Waals surface area (Å²) in [5.41, 5.74) is 0. The summed E-state index contributed by atoms with van der Waals surface area (Å²) in [6.07, 6.45) is 3.01. The average molecular weight is 325 g/mol. The highest BCUT2D eigenvalue weighted by molar-refractivity contribution is 8.00. The van der Waals surface area contributed by atoms with Gasteiger partial charge in [0.05, 0.1) is 24.0 Å². The van der Waals surface area contributed by atoms with E-state index in [-0.39, 0.29) is 23.0 Å². The first-order valence-electron chi connectivity index (χ1n) is 7.69. The predicted octanol–water partition coefficient (Wildman–Crippen LogP) is 2.87. The lowest BCUT2D eigenvalue weighted by molar-refractivity contribution is -0.151. The normalized spacial score (nSPS) is 17.3. The number of nitrogens with zero attached hydrogens (tertiary/aromatic N) is 1. The van der Waals surface area contributed by atoms with E-state index >= 15 is 0 Å². The Morgan fingerprint density at radius 3 is 2.68 bits per heavy atom. The van der Waals surface area contributed by atoms with Gasteiger partial charge in [0.25, 0.3) is 0 Å². The first-order valence-corrected chi connectivity index (χ1v) is 8.57. The van der Waals surface area contributed by atoms with Crippen molar-refractivity contribution in [3.8, 4) is 0 Å². The van der Waals surface area contributed by atoms with Gasteiger partial charge in [-0.1, -0.05) is 0 Å². The van der Waals surface area contributed by atoms with Gasteiger partial charge in [-0.3, -0.25) is 9.59 Å². The summed E-state index contributed by atoms with van der Waals surface area (Å²) in [5.74, 6) is 0.757. The van der Waals surface area contributed by atoms with Crippen LogP contribution in [0.4, 0.5) is 0 Å². The summed E-state index contributed by atoms with van der Waals surface area (Å²) >= 11 is 1.52. The highest BCUT2D eigenvalue weighted by Gasteiger charge is 2.30. The molecule has 2 rings (SSSR count). The first kappa shape index (κ1) is 16.9. The molecule has 1 amide bonds. The van der Waals surface area contributed by atoms with Crippen LogP contribution in [0.5, 0.6) is 0 Å². The zero-order valence-corrected chi connectivity index (χ0v) is 14.1. The molecule has 1 aromatic rings. The lowest BCUT2D eigenvalue weighted by atomic mass is 9.97. The van der Waals surface area contributed by atoms with E-state index in [1.807, 2.05) is 31.7 Å². The SMILES string of the molecule is CCOC(=O)C1CCN(C(=O)C(C)Sc2ccoc2C)CC1. The fraction of sp³-hybridized carbons (Fsp3) is 0.625. The Morgan fingerprint density at radius 1 is 1.45 bits per heavy atom. The van der Waals surface area contributed by atoms with Crippen LogP contribution in [-0.4, -0.2) is 41.7 Å². The van der Waals surface area contributed by atoms with Crippen LogP contribution < -0.4 is 0 Å². The first-order chi connectivity index (χ1) is 10.5. The van der Waals surface area contributed by atoms with E-state index in [0.717, 1.165) is 10.7 Å². The maximum atomic E-state index is 12.5. The van der Waals surface area contributed by atoms with Gasteiger partial charge in [-0.2, -0.15) is 0 Å². The van der Waals surface area contributed by atoms with Gasteiger partial charge in [-0.15, -0.1) is 11.8 Å². The van der Waals surface area contributed by atoms with Crippen LogP contribution in [0.1, 0.15) is 32.4 Å². The van der Waals surface area contributed by atoms with Crippen molar-refractivity contribution in [3.05, 3.63) is 18.1 Å². The molecular weight excluding hydrogens is 302 g/mol. The smallest absolute Gasteiger partial charge is 0.309 e. The van der Waals surface area contributed by atoms with Crippen LogP contribution in [0, 0.1) is 12.8 Å². The van der Waals surface area contributed by atoms with Crippen LogP contribution in [0.25, 0.3) is 0 Å². The number of carbonyl (C=O) groups is 2. The minimum Gasteiger partial charge on any atom is -0.468 e. The topological polar surface area (TPSA) is 59.8 Å². The number of piperidine rings is 1. The van der Waals surface area contributed by atoms with Crippen molar-refractivity contribution in [1.29, 1.82) is 0 Å². The molecule has 5 nitrogen and oxygen atoms in total. The monoisotopic (exact) mass is 325 g/mol. The molecule has 1 aliphatic rings. The Labute approximate surface area is 135 Å². The Hall–Kier alpha value is -1.43. The highest BCUT2D eigenvalue weighted by Crippen LogP contribution is 2.29. The quantitative estimate of drug-likeness (QED) is 0.615. The number of carbonyl (C=O) groups excluding carboxylic acids is 2. The van der Waals surface area contributed by atoms with Crippen LogP contribution in [0.15, 0.2) is 21.6 Å². The Bertz CT molecular complexity index is 520. The van der Waals surface area contributed by atoms with Crippen LogP contribution in [-0.2, 0) is 14.3 Å². The molecule has 2 heterocycles. The van der Waals surface area contributed by atoms with Gasteiger partial charge in [0.1, 0.15) is 5.76 Å². The zero-order valence-electron chi connectivity index (χ0n) is 13.3. The second-order valence-corrected chi connectivity index (χ2v) is 6.84. The molecule has 1 aliphatic heterocycles. The minimum atomic E-state index is -0.157. The van der Waals surface area contributed by atoms with Crippen molar-refractivity contribution in [3.63, 3.8) is 0 Å². The van der Waals surface area contributed by atoms with E-state index in [1.165, 1.54) is 11.8 Å². The molecule has 0 aromatic carbocycles. The molecule has 122 valence electrons. The van der Waals surface area contributed by atoms with Crippen molar-refractivity contribution in [2.75, 3.05) is 19.7 Å². The molecule has 1 atom stereocenters. The number of likely N-dealkylation sites (tertiary alicyclic amines) is 1. The van der Waals surface area contributed by atoms with E-state index in [0.29, 0.717) is 32.5 Å². The van der Waals surface area contributed by atoms with E-state index in [1.54, 1.807) is 6.26 Å². The summed E-state index contributed by atoms with van der Waals surface area (Å²) < 4.78 is 10.3. The van der Waals surface area contributed by atoms with Crippen LogP contribution in [0.3, 0.4) is 0 Å². The third-order valence-corrected chi connectivity index (χ3v) is 5.12. The van der Waals surface area contributed by atoms with E-state index in [2.05, 4.69) is 0 Å². The molecule has 0 bridgehead atoms. The summed E-state index contributed by atoms with van der Waals surface area (Å²) in [6, 6.07) is 1.89. The van der Waals surface area contributed by atoms with Crippen molar-refractivity contribution in [2.24, 2.45) is 5.92 Å². The summed E-state index contributed by atoms with van der Waals surface area (Å²) in [4.78, 5) is 27.1. The number of thioether (sulfide) groups is 1. The molecule has 1 saturated heterocycles. The Balaban J connectivity index is 1.84. The van der Waals surface area contributed by atoms with E-state index < -0.39 is 0 Å². The van der Waals surface area contributed by atoms with E-state index in [4.69, 9.17) is 9.15 Å². The number of aryl methyl sites for hydroxylation is 1. The molecule has 0 saturated carbocycles. The fourth-order valence-corrected chi connectivity index (χ4v) is 3.57. The zero-order chi connectivity index (χ0) is 16.1. The van der Waals surface area contributed by atoms with Gasteiger partial charge in [0, 0.05) is 18.0 Å². The van der Waals surface area contributed by atoms with Crippen molar-refractivity contribution >= 4 is 23.6 Å². The maximum absolute atomic E-state index is 12.5. The minimum absolute atomic E-state index is 0.0666. The molecule has 0 spiro atoms. The van der Waals surface area contributed by atoms with Crippen molar-refractivity contribution in [1.82, 2.24) is 4.90 Å². The second kappa shape index (κ2) is 7.72. The number of esters is 1. The maximum Gasteiger partial charge on any atom is 0.309 e. The largest absolute Gasteiger partial charge is 0.468 e. The molecular formula is C16H23NO4S. The van der Waals surface area contributed by atoms with Gasteiger partial charge in [0.2, 0.25) is 5.91 Å². The Morgan fingerprint density at radius 2 is 2.14 bits per heavy atom. The van der Waals surface area contributed by atoms with Crippen molar-refractivity contribution < 1.29 is 18.7 Å². The molecule has 22 heavy (non-hydrogen) atoms. The van der Waals surface area contributed by atoms with Crippen LogP contribution in [0.2, 0.25) is 0 Å². The number of furan rings is 1. The molecule has 1 fully saturated rings. The van der Waals surface area contributed by atoms with Crippen molar-refractivity contribution in [2.45, 2.75) is 43.8 Å². The van der Waals surface area contributed by atoms with Gasteiger partial charge < -0.3 is 14.1 Å². The van der Waals surface area contributed by atoms with E-state index in [9.17, 15) is 9.59 Å². The standard InChI is InChI=1S/C16H23NO4S/c1-4-20-16(19)13-5-8-17(9-6-13)15(18)12(3)22-14-7-10-21-11(14)2/h7,10,12-13H,4-6,8-9H2,1-3H3. The second-order valence-electron chi connectivity index (χ2n) is 5.45. The number of hydrogen-bond donors (Lipinski definition) is 0. The predicted molar refractivity (Wildman–Crippen MR) is 84.7 cm³/mol. The van der Waals surface area contributed by atoms with Gasteiger partial charge in [-0.25, -0.2) is 0 Å². The highest BCUT2D eigenvalue weighted by atomic mass is 32.2. The average Bonchev–Trinajstić information content (AvgIpc) is 2.92. The summed E-state index contributed by atoms with van der Waals surface area (Å²) in [6.45, 7) is 7.28. The number of amides is 1. The molecule has 0 radical (unpaired) electrons. The molecule has 0 aliphatic carbocycles. The summed E-state index contributed by atoms with van der Waals surface area (Å²) in [5, 5.41) is -0.157.